The Morgan fingerprint density at radius 2 is 1.76 bits per heavy atom. The quantitative estimate of drug-likeness (QED) is 0.331. The number of anilines is 1. The minimum absolute atomic E-state index is 0.163. The third kappa shape index (κ3) is 5.40. The monoisotopic (exact) mass is 464 g/mol. The highest BCUT2D eigenvalue weighted by atomic mass is 35.5. The molecule has 0 saturated carbocycles. The molecule has 2 aromatic carbocycles. The lowest BCUT2D eigenvalue weighted by molar-refractivity contribution is -0.115. The molecule has 1 heterocycles. The Morgan fingerprint density at radius 3 is 2.55 bits per heavy atom. The second-order valence-electron chi connectivity index (χ2n) is 5.99. The number of hydrogen-bond donors (Lipinski definition) is 2. The van der Waals surface area contributed by atoms with E-state index in [1.165, 1.54) is 12.2 Å². The molecule has 0 unspecified atom stereocenters. The van der Waals surface area contributed by atoms with E-state index >= 15 is 0 Å². The van der Waals surface area contributed by atoms with Crippen LogP contribution in [0.5, 0.6) is 0 Å². The zero-order valence-electron chi connectivity index (χ0n) is 15.1. The second-order valence-corrected chi connectivity index (χ2v) is 7.59. The summed E-state index contributed by atoms with van der Waals surface area (Å²) >= 11 is 23.5. The van der Waals surface area contributed by atoms with Gasteiger partial charge in [-0.15, -0.1) is 0 Å². The van der Waals surface area contributed by atoms with Gasteiger partial charge >= 0.3 is 0 Å². The lowest BCUT2D eigenvalue weighted by Gasteiger charge is -2.11. The molecule has 2 N–H and O–H groups in total. The zero-order chi connectivity index (χ0) is 21.0. The highest BCUT2D eigenvalue weighted by molar-refractivity contribution is 7.80. The van der Waals surface area contributed by atoms with Crippen molar-refractivity contribution < 1.29 is 9.21 Å². The molecule has 0 saturated heterocycles. The number of furan rings is 1. The summed E-state index contributed by atoms with van der Waals surface area (Å²) in [5.41, 5.74) is 2.23. The molecule has 0 aliphatic rings. The van der Waals surface area contributed by atoms with E-state index in [1.807, 2.05) is 13.0 Å². The van der Waals surface area contributed by atoms with Gasteiger partial charge in [0.15, 0.2) is 5.11 Å². The van der Waals surface area contributed by atoms with E-state index in [2.05, 4.69) is 10.6 Å². The number of benzene rings is 2. The molecule has 0 spiro atoms. The van der Waals surface area contributed by atoms with E-state index in [4.69, 9.17) is 51.4 Å². The molecule has 0 atom stereocenters. The average Bonchev–Trinajstić information content (AvgIpc) is 3.15. The van der Waals surface area contributed by atoms with E-state index < -0.39 is 5.91 Å². The normalized spacial score (nSPS) is 10.9. The molecule has 0 fully saturated rings. The van der Waals surface area contributed by atoms with E-state index in [-0.39, 0.29) is 5.11 Å². The number of hydrogen-bond acceptors (Lipinski definition) is 3. The summed E-state index contributed by atoms with van der Waals surface area (Å²) in [7, 11) is 0. The Labute approximate surface area is 188 Å². The molecule has 0 aliphatic carbocycles. The van der Waals surface area contributed by atoms with Gasteiger partial charge in [0.05, 0.1) is 10.0 Å². The Bertz CT molecular complexity index is 1110. The predicted octanol–water partition coefficient (Wildman–Crippen LogP) is 6.74. The largest absolute Gasteiger partial charge is 0.457 e. The Kier molecular flexibility index (Phi) is 6.98. The number of carbonyl (C=O) groups is 1. The number of amides is 1. The number of halogens is 3. The molecule has 0 bridgehead atoms. The lowest BCUT2D eigenvalue weighted by Crippen LogP contribution is -2.33. The second kappa shape index (κ2) is 9.46. The van der Waals surface area contributed by atoms with Crippen LogP contribution >= 0.6 is 47.0 Å². The number of carbonyl (C=O) groups excluding carboxylic acids is 1. The summed E-state index contributed by atoms with van der Waals surface area (Å²) in [5.74, 6) is 0.628. The van der Waals surface area contributed by atoms with Crippen LogP contribution in [0.25, 0.3) is 17.4 Å². The van der Waals surface area contributed by atoms with Gasteiger partial charge < -0.3 is 9.73 Å². The SMILES string of the molecule is Cc1c(Cl)cccc1NC(=S)NC(=O)C=Cc1ccc(-c2cccc(Cl)c2Cl)o1. The molecule has 4 nitrogen and oxygen atoms in total. The molecule has 29 heavy (non-hydrogen) atoms. The van der Waals surface area contributed by atoms with Gasteiger partial charge in [0.2, 0.25) is 5.91 Å². The maximum absolute atomic E-state index is 12.1. The van der Waals surface area contributed by atoms with Crippen molar-refractivity contribution in [2.75, 3.05) is 5.32 Å². The predicted molar refractivity (Wildman–Crippen MR) is 124 cm³/mol. The zero-order valence-corrected chi connectivity index (χ0v) is 18.2. The highest BCUT2D eigenvalue weighted by Gasteiger charge is 2.10. The van der Waals surface area contributed by atoms with Gasteiger partial charge in [0.1, 0.15) is 11.5 Å². The Morgan fingerprint density at radius 1 is 1.03 bits per heavy atom. The smallest absolute Gasteiger partial charge is 0.250 e. The van der Waals surface area contributed by atoms with Gasteiger partial charge in [0.25, 0.3) is 0 Å². The third-order valence-electron chi connectivity index (χ3n) is 4.00. The maximum atomic E-state index is 12.1. The van der Waals surface area contributed by atoms with Gasteiger partial charge in [-0.2, -0.15) is 0 Å². The fraction of sp³-hybridized carbons (Fsp3) is 0.0476. The van der Waals surface area contributed by atoms with Gasteiger partial charge in [-0.3, -0.25) is 10.1 Å². The topological polar surface area (TPSA) is 54.3 Å². The van der Waals surface area contributed by atoms with Gasteiger partial charge in [-0.1, -0.05) is 46.9 Å². The number of nitrogens with one attached hydrogen (secondary N) is 2. The Balaban J connectivity index is 1.62. The molecule has 3 aromatic rings. The molecule has 1 aromatic heterocycles. The van der Waals surface area contributed by atoms with Crippen molar-refractivity contribution in [2.45, 2.75) is 6.92 Å². The first-order valence-electron chi connectivity index (χ1n) is 8.44. The number of thiocarbonyl (C=S) groups is 1. The van der Waals surface area contributed by atoms with E-state index in [9.17, 15) is 4.79 Å². The van der Waals surface area contributed by atoms with Gasteiger partial charge in [-0.05, 0) is 67.2 Å². The van der Waals surface area contributed by atoms with Crippen molar-refractivity contribution in [3.63, 3.8) is 0 Å². The molecular weight excluding hydrogens is 451 g/mol. The van der Waals surface area contributed by atoms with Crippen LogP contribution in [0.3, 0.4) is 0 Å². The van der Waals surface area contributed by atoms with Crippen LogP contribution in [0.1, 0.15) is 11.3 Å². The van der Waals surface area contributed by atoms with Crippen molar-refractivity contribution in [3.05, 3.63) is 81.0 Å². The summed E-state index contributed by atoms with van der Waals surface area (Å²) < 4.78 is 5.71. The van der Waals surface area contributed by atoms with Crippen molar-refractivity contribution in [1.29, 1.82) is 0 Å². The van der Waals surface area contributed by atoms with Crippen LogP contribution in [-0.4, -0.2) is 11.0 Å². The van der Waals surface area contributed by atoms with E-state index in [1.54, 1.807) is 42.5 Å². The lowest BCUT2D eigenvalue weighted by atomic mass is 10.2. The summed E-state index contributed by atoms with van der Waals surface area (Å²) in [6.45, 7) is 1.86. The molecule has 8 heteroatoms. The summed E-state index contributed by atoms with van der Waals surface area (Å²) in [6.07, 6.45) is 2.85. The number of rotatable bonds is 4. The van der Waals surface area contributed by atoms with Crippen LogP contribution < -0.4 is 10.6 Å². The van der Waals surface area contributed by atoms with Gasteiger partial charge in [0, 0.05) is 22.3 Å². The summed E-state index contributed by atoms with van der Waals surface area (Å²) in [4.78, 5) is 12.1. The summed E-state index contributed by atoms with van der Waals surface area (Å²) in [5, 5.41) is 7.14. The first kappa shape index (κ1) is 21.4. The summed E-state index contributed by atoms with van der Waals surface area (Å²) in [6, 6.07) is 14.2. The van der Waals surface area contributed by atoms with Crippen LogP contribution in [-0.2, 0) is 4.79 Å². The maximum Gasteiger partial charge on any atom is 0.250 e. The standard InChI is InChI=1S/C21H15Cl3N2O2S/c1-12-15(22)5-3-7-17(12)25-21(29)26-19(27)11-9-13-8-10-18(28-13)14-4-2-6-16(23)20(14)24/h2-11H,1H3,(H2,25,26,27,29). The van der Waals surface area contributed by atoms with Crippen LogP contribution in [0.2, 0.25) is 15.1 Å². The van der Waals surface area contributed by atoms with Crippen molar-refractivity contribution in [1.82, 2.24) is 5.32 Å². The molecule has 0 aliphatic heterocycles. The first-order valence-corrected chi connectivity index (χ1v) is 9.98. The van der Waals surface area contributed by atoms with Crippen LogP contribution in [0.15, 0.2) is 59.0 Å². The molecule has 1 amide bonds. The molecular formula is C21H15Cl3N2O2S. The van der Waals surface area contributed by atoms with Crippen LogP contribution in [0, 0.1) is 6.92 Å². The van der Waals surface area contributed by atoms with E-state index in [0.717, 1.165) is 11.3 Å². The minimum atomic E-state index is -0.402. The fourth-order valence-electron chi connectivity index (χ4n) is 2.49. The highest BCUT2D eigenvalue weighted by Crippen LogP contribution is 2.34. The molecule has 3 rings (SSSR count). The van der Waals surface area contributed by atoms with Crippen LogP contribution in [0.4, 0.5) is 5.69 Å². The molecule has 0 radical (unpaired) electrons. The van der Waals surface area contributed by atoms with Gasteiger partial charge in [-0.25, -0.2) is 0 Å². The minimum Gasteiger partial charge on any atom is -0.457 e. The first-order chi connectivity index (χ1) is 13.8. The Hall–Kier alpha value is -2.31. The fourth-order valence-corrected chi connectivity index (χ4v) is 3.27. The van der Waals surface area contributed by atoms with Crippen molar-refractivity contribution in [2.24, 2.45) is 0 Å². The third-order valence-corrected chi connectivity index (χ3v) is 5.43. The average molecular weight is 466 g/mol. The van der Waals surface area contributed by atoms with Crippen molar-refractivity contribution in [3.8, 4) is 11.3 Å². The molecule has 148 valence electrons. The van der Waals surface area contributed by atoms with Crippen molar-refractivity contribution >= 4 is 69.8 Å². The van der Waals surface area contributed by atoms with E-state index in [0.29, 0.717) is 32.2 Å².